The van der Waals surface area contributed by atoms with Gasteiger partial charge in [-0.25, -0.2) is 13.1 Å². The zero-order chi connectivity index (χ0) is 15.9. The molecular weight excluding hydrogens is 333 g/mol. The van der Waals surface area contributed by atoms with Crippen LogP contribution in [0.25, 0.3) is 0 Å². The summed E-state index contributed by atoms with van der Waals surface area (Å²) in [4.78, 5) is 0. The van der Waals surface area contributed by atoms with E-state index in [1.165, 1.54) is 0 Å². The fourth-order valence-electron chi connectivity index (χ4n) is 1.62. The number of nitrogens with one attached hydrogen (secondary N) is 1. The standard InChI is InChI=1S/C14H21Cl2NO3S/c1-11(2)9-20-7-3-6-17-21(18,19)10-12-4-5-13(15)14(16)8-12/h4-5,8,11,17H,3,6-7,9-10H2,1-2H3. The third-order valence-electron chi connectivity index (χ3n) is 2.58. The number of ether oxygens (including phenoxy) is 1. The van der Waals surface area contributed by atoms with Gasteiger partial charge in [-0.3, -0.25) is 0 Å². The molecule has 0 aromatic heterocycles. The molecule has 0 heterocycles. The first-order valence-corrected chi connectivity index (χ1v) is 9.20. The van der Waals surface area contributed by atoms with Crippen molar-refractivity contribution in [3.63, 3.8) is 0 Å². The third-order valence-corrected chi connectivity index (χ3v) is 4.68. The molecule has 1 rings (SSSR count). The monoisotopic (exact) mass is 353 g/mol. The Morgan fingerprint density at radius 2 is 1.95 bits per heavy atom. The topological polar surface area (TPSA) is 55.4 Å². The molecule has 0 atom stereocenters. The van der Waals surface area contributed by atoms with E-state index in [1.807, 2.05) is 0 Å². The van der Waals surface area contributed by atoms with Crippen LogP contribution < -0.4 is 4.72 Å². The van der Waals surface area contributed by atoms with Crippen molar-refractivity contribution in [3.8, 4) is 0 Å². The van der Waals surface area contributed by atoms with Crippen molar-refractivity contribution in [2.45, 2.75) is 26.0 Å². The maximum Gasteiger partial charge on any atom is 0.215 e. The van der Waals surface area contributed by atoms with Crippen LogP contribution in [-0.4, -0.2) is 28.2 Å². The number of hydrogen-bond donors (Lipinski definition) is 1. The van der Waals surface area contributed by atoms with E-state index >= 15 is 0 Å². The molecule has 0 spiro atoms. The first-order chi connectivity index (χ1) is 9.80. The highest BCUT2D eigenvalue weighted by molar-refractivity contribution is 7.88. The van der Waals surface area contributed by atoms with Gasteiger partial charge in [0.1, 0.15) is 0 Å². The number of sulfonamides is 1. The second-order valence-corrected chi connectivity index (χ2v) is 7.85. The lowest BCUT2D eigenvalue weighted by Crippen LogP contribution is -2.27. The Bertz CT molecular complexity index is 547. The highest BCUT2D eigenvalue weighted by atomic mass is 35.5. The molecular formula is C14H21Cl2NO3S. The molecule has 1 N–H and O–H groups in total. The Hall–Kier alpha value is -0.330. The molecule has 21 heavy (non-hydrogen) atoms. The van der Waals surface area contributed by atoms with Crippen LogP contribution in [0.5, 0.6) is 0 Å². The normalized spacial score (nSPS) is 12.0. The summed E-state index contributed by atoms with van der Waals surface area (Å²) in [6.07, 6.45) is 0.646. The van der Waals surface area contributed by atoms with Gasteiger partial charge in [0.2, 0.25) is 10.0 Å². The molecule has 1 aromatic rings. The summed E-state index contributed by atoms with van der Waals surface area (Å²) < 4.78 is 31.8. The summed E-state index contributed by atoms with van der Waals surface area (Å²) >= 11 is 11.7. The van der Waals surface area contributed by atoms with Gasteiger partial charge in [0.25, 0.3) is 0 Å². The molecule has 0 amide bonds. The Morgan fingerprint density at radius 1 is 1.24 bits per heavy atom. The Morgan fingerprint density at radius 3 is 2.57 bits per heavy atom. The summed E-state index contributed by atoms with van der Waals surface area (Å²) in [6, 6.07) is 4.81. The van der Waals surface area contributed by atoms with Crippen molar-refractivity contribution in [3.05, 3.63) is 33.8 Å². The van der Waals surface area contributed by atoms with Crippen molar-refractivity contribution < 1.29 is 13.2 Å². The molecule has 0 bridgehead atoms. The first kappa shape index (κ1) is 18.7. The minimum Gasteiger partial charge on any atom is -0.381 e. The Labute approximate surface area is 136 Å². The van der Waals surface area contributed by atoms with E-state index in [9.17, 15) is 8.42 Å². The lowest BCUT2D eigenvalue weighted by atomic mass is 10.2. The fourth-order valence-corrected chi connectivity index (χ4v) is 3.12. The van der Waals surface area contributed by atoms with Crippen LogP contribution in [0.1, 0.15) is 25.8 Å². The van der Waals surface area contributed by atoms with Gasteiger partial charge in [-0.2, -0.15) is 0 Å². The maximum absolute atomic E-state index is 11.9. The predicted molar refractivity (Wildman–Crippen MR) is 87.4 cm³/mol. The van der Waals surface area contributed by atoms with E-state index in [0.717, 1.165) is 0 Å². The van der Waals surface area contributed by atoms with Crippen LogP contribution in [0.3, 0.4) is 0 Å². The number of halogens is 2. The largest absolute Gasteiger partial charge is 0.381 e. The molecule has 0 saturated heterocycles. The van der Waals surface area contributed by atoms with Crippen molar-refractivity contribution >= 4 is 33.2 Å². The van der Waals surface area contributed by atoms with E-state index in [-0.39, 0.29) is 5.75 Å². The summed E-state index contributed by atoms with van der Waals surface area (Å²) in [5.41, 5.74) is 0.605. The van der Waals surface area contributed by atoms with Gasteiger partial charge in [-0.05, 0) is 30.0 Å². The summed E-state index contributed by atoms with van der Waals surface area (Å²) in [5, 5.41) is 0.763. The zero-order valence-electron chi connectivity index (χ0n) is 12.2. The van der Waals surface area contributed by atoms with Crippen LogP contribution >= 0.6 is 23.2 Å². The van der Waals surface area contributed by atoms with Crippen LogP contribution in [0, 0.1) is 5.92 Å². The molecule has 120 valence electrons. The van der Waals surface area contributed by atoms with Crippen LogP contribution in [-0.2, 0) is 20.5 Å². The molecule has 0 aliphatic carbocycles. The van der Waals surface area contributed by atoms with E-state index in [2.05, 4.69) is 18.6 Å². The summed E-state index contributed by atoms with van der Waals surface area (Å²) in [5.74, 6) is 0.368. The van der Waals surface area contributed by atoms with Crippen molar-refractivity contribution in [1.29, 1.82) is 0 Å². The van der Waals surface area contributed by atoms with Crippen molar-refractivity contribution in [1.82, 2.24) is 4.72 Å². The smallest absolute Gasteiger partial charge is 0.215 e. The minimum atomic E-state index is -3.38. The highest BCUT2D eigenvalue weighted by Gasteiger charge is 2.12. The molecule has 7 heteroatoms. The molecule has 0 aliphatic heterocycles. The van der Waals surface area contributed by atoms with Gasteiger partial charge in [0.05, 0.1) is 15.8 Å². The van der Waals surface area contributed by atoms with Gasteiger partial charge < -0.3 is 4.74 Å². The predicted octanol–water partition coefficient (Wildman–Crippen LogP) is 3.48. The second kappa shape index (κ2) is 8.96. The van der Waals surface area contributed by atoms with Crippen LogP contribution in [0.15, 0.2) is 18.2 Å². The fraction of sp³-hybridized carbons (Fsp3) is 0.571. The SMILES string of the molecule is CC(C)COCCCNS(=O)(=O)Cc1ccc(Cl)c(Cl)c1. The summed E-state index contributed by atoms with van der Waals surface area (Å²) in [6.45, 7) is 5.74. The Balaban J connectivity index is 2.35. The van der Waals surface area contributed by atoms with Crippen molar-refractivity contribution in [2.75, 3.05) is 19.8 Å². The number of hydrogen-bond acceptors (Lipinski definition) is 3. The molecule has 0 unspecified atom stereocenters. The molecule has 0 fully saturated rings. The first-order valence-electron chi connectivity index (χ1n) is 6.79. The number of benzene rings is 1. The second-order valence-electron chi connectivity index (χ2n) is 5.22. The number of rotatable bonds is 9. The lowest BCUT2D eigenvalue weighted by Gasteiger charge is -2.09. The van der Waals surface area contributed by atoms with E-state index < -0.39 is 10.0 Å². The van der Waals surface area contributed by atoms with Crippen LogP contribution in [0.2, 0.25) is 10.0 Å². The van der Waals surface area contributed by atoms with Gasteiger partial charge in [-0.1, -0.05) is 43.1 Å². The van der Waals surface area contributed by atoms with Gasteiger partial charge in [0.15, 0.2) is 0 Å². The maximum atomic E-state index is 11.9. The highest BCUT2D eigenvalue weighted by Crippen LogP contribution is 2.23. The lowest BCUT2D eigenvalue weighted by molar-refractivity contribution is 0.108. The minimum absolute atomic E-state index is 0.114. The third kappa shape index (κ3) is 8.02. The summed E-state index contributed by atoms with van der Waals surface area (Å²) in [7, 11) is -3.38. The molecule has 1 aromatic carbocycles. The van der Waals surface area contributed by atoms with Crippen molar-refractivity contribution in [2.24, 2.45) is 5.92 Å². The molecule has 0 aliphatic rings. The van der Waals surface area contributed by atoms with Gasteiger partial charge >= 0.3 is 0 Å². The molecule has 0 radical (unpaired) electrons. The molecule has 4 nitrogen and oxygen atoms in total. The van der Waals surface area contributed by atoms with E-state index in [0.29, 0.717) is 47.7 Å². The van der Waals surface area contributed by atoms with Gasteiger partial charge in [-0.15, -0.1) is 0 Å². The average Bonchev–Trinajstić information content (AvgIpc) is 2.37. The van der Waals surface area contributed by atoms with Gasteiger partial charge in [0, 0.05) is 19.8 Å². The average molecular weight is 354 g/mol. The zero-order valence-corrected chi connectivity index (χ0v) is 14.6. The van der Waals surface area contributed by atoms with Crippen LogP contribution in [0.4, 0.5) is 0 Å². The quantitative estimate of drug-likeness (QED) is 0.691. The van der Waals surface area contributed by atoms with E-state index in [1.54, 1.807) is 18.2 Å². The Kier molecular flexibility index (Phi) is 7.98. The van der Waals surface area contributed by atoms with E-state index in [4.69, 9.17) is 27.9 Å². The molecule has 0 saturated carbocycles.